The van der Waals surface area contributed by atoms with Crippen molar-refractivity contribution in [3.8, 4) is 5.75 Å². The molecule has 1 aromatic heterocycles. The van der Waals surface area contributed by atoms with E-state index >= 15 is 0 Å². The smallest absolute Gasteiger partial charge is 0.140 e. The van der Waals surface area contributed by atoms with Gasteiger partial charge in [-0.25, -0.2) is 9.37 Å². The zero-order chi connectivity index (χ0) is 14.0. The van der Waals surface area contributed by atoms with Gasteiger partial charge in [-0.15, -0.1) is 11.3 Å². The molecule has 0 unspecified atom stereocenters. The molecule has 0 aliphatic rings. The highest BCUT2D eigenvalue weighted by atomic mass is 32.1. The van der Waals surface area contributed by atoms with Gasteiger partial charge in [-0.3, -0.25) is 0 Å². The zero-order valence-corrected chi connectivity index (χ0v) is 12.2. The molecule has 2 aromatic rings. The van der Waals surface area contributed by atoms with Crippen LogP contribution in [0.15, 0.2) is 18.2 Å². The Labute approximate surface area is 120 Å². The second-order valence-electron chi connectivity index (χ2n) is 4.04. The van der Waals surface area contributed by atoms with Gasteiger partial charge in [0.25, 0.3) is 0 Å². The molecule has 0 radical (unpaired) electrons. The maximum Gasteiger partial charge on any atom is 0.140 e. The van der Waals surface area contributed by atoms with Crippen LogP contribution in [0.25, 0.3) is 0 Å². The van der Waals surface area contributed by atoms with Crippen LogP contribution in [0, 0.1) is 19.7 Å². The predicted octanol–water partition coefficient (Wildman–Crippen LogP) is 3.11. The lowest BCUT2D eigenvalue weighted by Gasteiger charge is -2.06. The molecular weight excluding hydrogens is 283 g/mol. The molecule has 2 N–H and O–H groups in total. The minimum atomic E-state index is -0.475. The Bertz CT molecular complexity index is 606. The minimum Gasteiger partial charge on any atom is -0.486 e. The molecule has 0 aliphatic heterocycles. The fourth-order valence-corrected chi connectivity index (χ4v) is 2.54. The highest BCUT2D eigenvalue weighted by molar-refractivity contribution is 7.80. The Balaban J connectivity index is 2.08. The van der Waals surface area contributed by atoms with Gasteiger partial charge in [0.05, 0.1) is 5.69 Å². The third-order valence-corrected chi connectivity index (χ3v) is 3.91. The van der Waals surface area contributed by atoms with Crippen LogP contribution in [0.2, 0.25) is 0 Å². The summed E-state index contributed by atoms with van der Waals surface area (Å²) in [7, 11) is 0. The second-order valence-corrected chi connectivity index (χ2v) is 5.77. The first kappa shape index (κ1) is 13.9. The van der Waals surface area contributed by atoms with Crippen LogP contribution < -0.4 is 10.5 Å². The first-order valence-corrected chi connectivity index (χ1v) is 6.85. The van der Waals surface area contributed by atoms with E-state index in [1.54, 1.807) is 17.4 Å². The van der Waals surface area contributed by atoms with E-state index in [4.69, 9.17) is 22.7 Å². The summed E-state index contributed by atoms with van der Waals surface area (Å²) in [4.78, 5) is 5.55. The van der Waals surface area contributed by atoms with Crippen molar-refractivity contribution in [2.75, 3.05) is 0 Å². The molecule has 3 nitrogen and oxygen atoms in total. The number of nitrogens with two attached hydrogens (primary N) is 1. The van der Waals surface area contributed by atoms with E-state index in [2.05, 4.69) is 4.98 Å². The number of hydrogen-bond acceptors (Lipinski definition) is 4. The largest absolute Gasteiger partial charge is 0.486 e. The lowest BCUT2D eigenvalue weighted by atomic mass is 10.2. The molecule has 0 saturated heterocycles. The summed E-state index contributed by atoms with van der Waals surface area (Å²) < 4.78 is 19.1. The van der Waals surface area contributed by atoms with E-state index in [-0.39, 0.29) is 10.6 Å². The first-order valence-electron chi connectivity index (χ1n) is 5.62. The molecule has 2 rings (SSSR count). The second kappa shape index (κ2) is 5.63. The molecule has 19 heavy (non-hydrogen) atoms. The molecule has 100 valence electrons. The lowest BCUT2D eigenvalue weighted by molar-refractivity contribution is 0.304. The van der Waals surface area contributed by atoms with Crippen LogP contribution in [0.1, 0.15) is 21.1 Å². The quantitative estimate of drug-likeness (QED) is 0.881. The maximum absolute atomic E-state index is 13.6. The Morgan fingerprint density at radius 2 is 2.21 bits per heavy atom. The Morgan fingerprint density at radius 1 is 1.47 bits per heavy atom. The van der Waals surface area contributed by atoms with Crippen molar-refractivity contribution in [1.82, 2.24) is 4.98 Å². The van der Waals surface area contributed by atoms with Crippen molar-refractivity contribution in [2.24, 2.45) is 5.73 Å². The van der Waals surface area contributed by atoms with Gasteiger partial charge in [-0.2, -0.15) is 0 Å². The topological polar surface area (TPSA) is 48.1 Å². The van der Waals surface area contributed by atoms with E-state index in [1.807, 2.05) is 13.8 Å². The number of rotatable bonds is 4. The van der Waals surface area contributed by atoms with E-state index in [0.717, 1.165) is 15.6 Å². The summed E-state index contributed by atoms with van der Waals surface area (Å²) in [5, 5.41) is 0.869. The van der Waals surface area contributed by atoms with E-state index in [0.29, 0.717) is 12.4 Å². The number of ether oxygens (including phenoxy) is 1. The summed E-state index contributed by atoms with van der Waals surface area (Å²) in [6.07, 6.45) is 0. The average Bonchev–Trinajstić information content (AvgIpc) is 2.66. The fourth-order valence-electron chi connectivity index (χ4n) is 1.53. The fraction of sp³-hybridized carbons (Fsp3) is 0.231. The molecule has 0 aliphatic carbocycles. The Hall–Kier alpha value is -1.53. The number of benzene rings is 1. The number of hydrogen-bond donors (Lipinski definition) is 1. The molecule has 0 spiro atoms. The molecule has 6 heteroatoms. The summed E-state index contributed by atoms with van der Waals surface area (Å²) in [6, 6.07) is 4.44. The van der Waals surface area contributed by atoms with Crippen LogP contribution >= 0.6 is 23.6 Å². The van der Waals surface area contributed by atoms with E-state index < -0.39 is 5.82 Å². The molecule has 0 saturated carbocycles. The third kappa shape index (κ3) is 3.27. The zero-order valence-electron chi connectivity index (χ0n) is 10.6. The summed E-state index contributed by atoms with van der Waals surface area (Å²) in [5.74, 6) is -0.0421. The van der Waals surface area contributed by atoms with Gasteiger partial charge in [0.15, 0.2) is 0 Å². The molecule has 0 atom stereocenters. The van der Waals surface area contributed by atoms with E-state index in [1.165, 1.54) is 12.1 Å². The SMILES string of the molecule is Cc1nc(COc2ccc(C(N)=S)c(F)c2)sc1C. The number of nitrogens with zero attached hydrogens (tertiary/aromatic N) is 1. The number of halogens is 1. The third-order valence-electron chi connectivity index (χ3n) is 2.64. The highest BCUT2D eigenvalue weighted by Gasteiger charge is 2.08. The minimum absolute atomic E-state index is 0.0372. The number of aryl methyl sites for hydroxylation is 2. The van der Waals surface area contributed by atoms with Crippen molar-refractivity contribution < 1.29 is 9.13 Å². The normalized spacial score (nSPS) is 10.5. The molecule has 0 bridgehead atoms. The summed E-state index contributed by atoms with van der Waals surface area (Å²) in [6.45, 7) is 4.28. The Morgan fingerprint density at radius 3 is 2.74 bits per heavy atom. The van der Waals surface area contributed by atoms with Crippen molar-refractivity contribution in [3.05, 3.63) is 45.2 Å². The molecule has 1 heterocycles. The van der Waals surface area contributed by atoms with Gasteiger partial charge in [0.2, 0.25) is 0 Å². The molecule has 0 fully saturated rings. The number of thiocarbonyl (C=S) groups is 1. The number of aromatic nitrogens is 1. The lowest BCUT2D eigenvalue weighted by Crippen LogP contribution is -2.11. The van der Waals surface area contributed by atoms with Gasteiger partial charge in [0.1, 0.15) is 28.2 Å². The summed E-state index contributed by atoms with van der Waals surface area (Å²) in [5.41, 5.74) is 6.62. The molecule has 0 amide bonds. The van der Waals surface area contributed by atoms with Gasteiger partial charge < -0.3 is 10.5 Å². The van der Waals surface area contributed by atoms with Gasteiger partial charge in [-0.05, 0) is 26.0 Å². The van der Waals surface area contributed by atoms with Gasteiger partial charge in [0, 0.05) is 16.5 Å². The van der Waals surface area contributed by atoms with Crippen molar-refractivity contribution in [1.29, 1.82) is 0 Å². The van der Waals surface area contributed by atoms with Crippen molar-refractivity contribution in [2.45, 2.75) is 20.5 Å². The van der Waals surface area contributed by atoms with Crippen LogP contribution in [0.3, 0.4) is 0 Å². The standard InChI is InChI=1S/C13H13FN2OS2/c1-7-8(2)19-12(16-7)6-17-9-3-4-10(13(15)18)11(14)5-9/h3-5H,6H2,1-2H3,(H2,15,18). The van der Waals surface area contributed by atoms with Crippen LogP contribution in [-0.4, -0.2) is 9.97 Å². The van der Waals surface area contributed by atoms with Crippen LogP contribution in [0.4, 0.5) is 4.39 Å². The maximum atomic E-state index is 13.6. The van der Waals surface area contributed by atoms with Crippen LogP contribution in [0.5, 0.6) is 5.75 Å². The average molecular weight is 296 g/mol. The molecule has 1 aromatic carbocycles. The van der Waals surface area contributed by atoms with Crippen LogP contribution in [-0.2, 0) is 6.61 Å². The van der Waals surface area contributed by atoms with Crippen molar-refractivity contribution in [3.63, 3.8) is 0 Å². The van der Waals surface area contributed by atoms with Gasteiger partial charge >= 0.3 is 0 Å². The van der Waals surface area contributed by atoms with Crippen molar-refractivity contribution >= 4 is 28.5 Å². The van der Waals surface area contributed by atoms with E-state index in [9.17, 15) is 4.39 Å². The first-order chi connectivity index (χ1) is 8.97. The number of thiazole rings is 1. The summed E-state index contributed by atoms with van der Waals surface area (Å²) >= 11 is 6.31. The van der Waals surface area contributed by atoms with Gasteiger partial charge in [-0.1, -0.05) is 12.2 Å². The Kier molecular flexibility index (Phi) is 4.11. The molecular formula is C13H13FN2OS2. The monoisotopic (exact) mass is 296 g/mol. The highest BCUT2D eigenvalue weighted by Crippen LogP contribution is 2.21. The predicted molar refractivity (Wildman–Crippen MR) is 78.2 cm³/mol.